The van der Waals surface area contributed by atoms with Crippen LogP contribution in [0.3, 0.4) is 0 Å². The molecular weight excluding hydrogens is 178 g/mol. The summed E-state index contributed by atoms with van der Waals surface area (Å²) in [7, 11) is 0. The van der Waals surface area contributed by atoms with Crippen LogP contribution in [0.4, 0.5) is 0 Å². The molecule has 1 saturated heterocycles. The molecule has 0 radical (unpaired) electrons. The van der Waals surface area contributed by atoms with Crippen molar-refractivity contribution in [2.75, 3.05) is 13.1 Å². The predicted octanol–water partition coefficient (Wildman–Crippen LogP) is 1.17. The van der Waals surface area contributed by atoms with E-state index < -0.39 is 0 Å². The van der Waals surface area contributed by atoms with Crippen LogP contribution in [0.2, 0.25) is 0 Å². The van der Waals surface area contributed by atoms with Crippen molar-refractivity contribution < 1.29 is 9.59 Å². The fourth-order valence-electron chi connectivity index (χ4n) is 2.07. The van der Waals surface area contributed by atoms with Crippen LogP contribution in [0.15, 0.2) is 0 Å². The van der Waals surface area contributed by atoms with Crippen LogP contribution in [-0.4, -0.2) is 24.7 Å². The fraction of sp³-hybridized carbons (Fsp3) is 0.818. The zero-order chi connectivity index (χ0) is 10.6. The average Bonchev–Trinajstić information content (AvgIpc) is 2.15. The zero-order valence-electron chi connectivity index (χ0n) is 9.01. The van der Waals surface area contributed by atoms with Gasteiger partial charge in [0.25, 0.3) is 0 Å². The van der Waals surface area contributed by atoms with Crippen molar-refractivity contribution in [3.63, 3.8) is 0 Å². The smallest absolute Gasteiger partial charge is 0.140 e. The first kappa shape index (κ1) is 11.4. The van der Waals surface area contributed by atoms with Crippen LogP contribution < -0.4 is 5.32 Å². The number of ketones is 2. The van der Waals surface area contributed by atoms with Gasteiger partial charge in [0.15, 0.2) is 0 Å². The molecule has 80 valence electrons. The summed E-state index contributed by atoms with van der Waals surface area (Å²) in [6, 6.07) is 0. The maximum atomic E-state index is 11.2. The molecule has 3 nitrogen and oxygen atoms in total. The Morgan fingerprint density at radius 3 is 2.14 bits per heavy atom. The van der Waals surface area contributed by atoms with E-state index in [0.29, 0.717) is 5.92 Å². The normalized spacial score (nSPS) is 18.5. The van der Waals surface area contributed by atoms with Crippen LogP contribution in [0.1, 0.15) is 33.1 Å². The molecule has 1 aliphatic heterocycles. The highest BCUT2D eigenvalue weighted by atomic mass is 16.1. The molecule has 3 heteroatoms. The van der Waals surface area contributed by atoms with Gasteiger partial charge in [0.2, 0.25) is 0 Å². The van der Waals surface area contributed by atoms with Gasteiger partial charge in [-0.15, -0.1) is 0 Å². The number of carbonyl (C=O) groups excluding carboxylic acids is 2. The van der Waals surface area contributed by atoms with Gasteiger partial charge in [-0.05, 0) is 52.1 Å². The minimum absolute atomic E-state index is 0.0241. The van der Waals surface area contributed by atoms with Gasteiger partial charge in [0.1, 0.15) is 11.6 Å². The quantitative estimate of drug-likeness (QED) is 0.688. The Labute approximate surface area is 85.3 Å². The number of nitrogens with one attached hydrogen (secondary N) is 1. The molecule has 1 aliphatic rings. The molecule has 0 aromatic carbocycles. The molecule has 0 atom stereocenters. The minimum Gasteiger partial charge on any atom is -0.317 e. The third-order valence-corrected chi connectivity index (χ3v) is 3.01. The van der Waals surface area contributed by atoms with Crippen LogP contribution in [0, 0.1) is 11.8 Å². The van der Waals surface area contributed by atoms with Crippen LogP contribution in [-0.2, 0) is 9.59 Å². The number of Topliss-reactive ketones (excluding diaryl/α,β-unsaturated/α-hetero) is 2. The molecule has 1 heterocycles. The molecule has 0 aromatic rings. The highest BCUT2D eigenvalue weighted by molar-refractivity contribution is 6.00. The van der Waals surface area contributed by atoms with Crippen molar-refractivity contribution in [2.45, 2.75) is 33.1 Å². The van der Waals surface area contributed by atoms with Gasteiger partial charge in [-0.1, -0.05) is 0 Å². The number of rotatable bonds is 4. The van der Waals surface area contributed by atoms with Gasteiger partial charge >= 0.3 is 0 Å². The molecule has 14 heavy (non-hydrogen) atoms. The van der Waals surface area contributed by atoms with Gasteiger partial charge in [0, 0.05) is 0 Å². The van der Waals surface area contributed by atoms with E-state index in [9.17, 15) is 9.59 Å². The first-order valence-electron chi connectivity index (χ1n) is 5.33. The first-order chi connectivity index (χ1) is 6.61. The first-order valence-corrected chi connectivity index (χ1v) is 5.33. The van der Waals surface area contributed by atoms with E-state index in [2.05, 4.69) is 5.32 Å². The summed E-state index contributed by atoms with van der Waals surface area (Å²) in [6.45, 7) is 5.08. The van der Waals surface area contributed by atoms with Crippen molar-refractivity contribution in [1.29, 1.82) is 0 Å². The van der Waals surface area contributed by atoms with Crippen molar-refractivity contribution in [1.82, 2.24) is 5.32 Å². The molecule has 0 spiro atoms. The number of hydrogen-bond donors (Lipinski definition) is 1. The van der Waals surface area contributed by atoms with E-state index in [4.69, 9.17) is 0 Å². The van der Waals surface area contributed by atoms with Gasteiger partial charge in [-0.25, -0.2) is 0 Å². The second kappa shape index (κ2) is 5.25. The molecule has 1 rings (SSSR count). The summed E-state index contributed by atoms with van der Waals surface area (Å²) in [4.78, 5) is 22.4. The molecule has 0 aliphatic carbocycles. The average molecular weight is 197 g/mol. The zero-order valence-corrected chi connectivity index (χ0v) is 9.01. The Morgan fingerprint density at radius 2 is 1.71 bits per heavy atom. The van der Waals surface area contributed by atoms with Crippen LogP contribution >= 0.6 is 0 Å². The SMILES string of the molecule is CC(=O)C(CC1CCNCC1)C(C)=O. The minimum atomic E-state index is -0.349. The summed E-state index contributed by atoms with van der Waals surface area (Å²) in [5.41, 5.74) is 0. The summed E-state index contributed by atoms with van der Waals surface area (Å²) in [5.74, 6) is 0.249. The van der Waals surface area contributed by atoms with Crippen molar-refractivity contribution >= 4 is 11.6 Å². The number of piperidine rings is 1. The van der Waals surface area contributed by atoms with E-state index in [1.807, 2.05) is 0 Å². The van der Waals surface area contributed by atoms with Crippen molar-refractivity contribution in [2.24, 2.45) is 11.8 Å². The molecule has 0 amide bonds. The fourth-order valence-corrected chi connectivity index (χ4v) is 2.07. The molecule has 0 saturated carbocycles. The van der Waals surface area contributed by atoms with Gasteiger partial charge < -0.3 is 5.32 Å². The lowest BCUT2D eigenvalue weighted by Crippen LogP contribution is -2.31. The Kier molecular flexibility index (Phi) is 4.26. The lowest BCUT2D eigenvalue weighted by Gasteiger charge is -2.24. The van der Waals surface area contributed by atoms with Crippen LogP contribution in [0.25, 0.3) is 0 Å². The van der Waals surface area contributed by atoms with E-state index >= 15 is 0 Å². The molecule has 0 unspecified atom stereocenters. The largest absolute Gasteiger partial charge is 0.317 e. The molecule has 1 fully saturated rings. The van der Waals surface area contributed by atoms with E-state index in [1.165, 1.54) is 13.8 Å². The molecule has 0 bridgehead atoms. The third kappa shape index (κ3) is 3.22. The Bertz CT molecular complexity index is 205. The second-order valence-corrected chi connectivity index (χ2v) is 4.20. The highest BCUT2D eigenvalue weighted by Crippen LogP contribution is 2.22. The van der Waals surface area contributed by atoms with Crippen molar-refractivity contribution in [3.8, 4) is 0 Å². The maximum absolute atomic E-state index is 11.2. The molecule has 1 N–H and O–H groups in total. The summed E-state index contributed by atoms with van der Waals surface area (Å²) in [6.07, 6.45) is 2.94. The standard InChI is InChI=1S/C11H19NO2/c1-8(13)11(9(2)14)7-10-3-5-12-6-4-10/h10-12H,3-7H2,1-2H3. The predicted molar refractivity (Wildman–Crippen MR) is 55.1 cm³/mol. The monoisotopic (exact) mass is 197 g/mol. The molecule has 0 aromatic heterocycles. The van der Waals surface area contributed by atoms with Crippen LogP contribution in [0.5, 0.6) is 0 Å². The van der Waals surface area contributed by atoms with E-state index in [0.717, 1.165) is 32.4 Å². The van der Waals surface area contributed by atoms with Gasteiger partial charge in [-0.2, -0.15) is 0 Å². The summed E-state index contributed by atoms with van der Waals surface area (Å²) >= 11 is 0. The second-order valence-electron chi connectivity index (χ2n) is 4.20. The van der Waals surface area contributed by atoms with E-state index in [-0.39, 0.29) is 17.5 Å². The molecular formula is C11H19NO2. The Balaban J connectivity index is 2.45. The van der Waals surface area contributed by atoms with Crippen molar-refractivity contribution in [3.05, 3.63) is 0 Å². The highest BCUT2D eigenvalue weighted by Gasteiger charge is 2.24. The third-order valence-electron chi connectivity index (χ3n) is 3.01. The summed E-state index contributed by atoms with van der Waals surface area (Å²) < 4.78 is 0. The number of carbonyl (C=O) groups is 2. The van der Waals surface area contributed by atoms with Gasteiger partial charge in [-0.3, -0.25) is 9.59 Å². The Morgan fingerprint density at radius 1 is 1.21 bits per heavy atom. The number of hydrogen-bond acceptors (Lipinski definition) is 3. The lowest BCUT2D eigenvalue weighted by molar-refractivity contribution is -0.131. The topological polar surface area (TPSA) is 46.2 Å². The van der Waals surface area contributed by atoms with E-state index in [1.54, 1.807) is 0 Å². The Hall–Kier alpha value is -0.700. The summed E-state index contributed by atoms with van der Waals surface area (Å²) in [5, 5.41) is 3.28. The maximum Gasteiger partial charge on any atom is 0.140 e. The van der Waals surface area contributed by atoms with Gasteiger partial charge in [0.05, 0.1) is 5.92 Å². The lowest BCUT2D eigenvalue weighted by atomic mass is 9.84.